The van der Waals surface area contributed by atoms with Gasteiger partial charge in [0.25, 0.3) is 0 Å². The Bertz CT molecular complexity index is 751. The van der Waals surface area contributed by atoms with Crippen molar-refractivity contribution >= 4 is 17.2 Å². The molecular weight excluding hydrogens is 320 g/mol. The maximum absolute atomic E-state index is 11.2. The summed E-state index contributed by atoms with van der Waals surface area (Å²) in [6.45, 7) is 2.14. The molecule has 2 aromatic rings. The molecule has 1 aliphatic rings. The van der Waals surface area contributed by atoms with Crippen LogP contribution in [0.25, 0.3) is 0 Å². The van der Waals surface area contributed by atoms with Crippen molar-refractivity contribution in [3.05, 3.63) is 51.5 Å². The molecule has 0 spiro atoms. The molecule has 124 valence electrons. The van der Waals surface area contributed by atoms with Crippen LogP contribution in [0.15, 0.2) is 29.6 Å². The molecule has 24 heavy (non-hydrogen) atoms. The molecule has 0 unspecified atom stereocenters. The van der Waals surface area contributed by atoms with Crippen molar-refractivity contribution < 1.29 is 4.79 Å². The number of rotatable bonds is 3. The van der Waals surface area contributed by atoms with Gasteiger partial charge in [0.05, 0.1) is 11.4 Å². The second kappa shape index (κ2) is 8.06. The largest absolute Gasteiger partial charge is 0.317 e. The van der Waals surface area contributed by atoms with Crippen LogP contribution in [0.1, 0.15) is 40.6 Å². The standard InChI is InChI=1S/C18H20N4OS/c19-22-17(23)11-14-3-1-13(2-4-14)5-6-16-12-24-18(21-16)15-7-9-20-10-8-15/h1-4,12,15,20H,7-11,19H2,(H,22,23). The molecule has 0 radical (unpaired) electrons. The average Bonchev–Trinajstić information content (AvgIpc) is 3.11. The summed E-state index contributed by atoms with van der Waals surface area (Å²) in [6.07, 6.45) is 2.58. The molecule has 5 nitrogen and oxygen atoms in total. The Morgan fingerprint density at radius 1 is 1.29 bits per heavy atom. The molecule has 1 aromatic carbocycles. The first-order chi connectivity index (χ1) is 11.7. The number of thiazole rings is 1. The van der Waals surface area contributed by atoms with Crippen LogP contribution in [0.4, 0.5) is 0 Å². The molecule has 4 N–H and O–H groups in total. The summed E-state index contributed by atoms with van der Waals surface area (Å²) in [5.74, 6) is 11.7. The predicted molar refractivity (Wildman–Crippen MR) is 95.4 cm³/mol. The van der Waals surface area contributed by atoms with Gasteiger partial charge in [-0.2, -0.15) is 0 Å². The van der Waals surface area contributed by atoms with Gasteiger partial charge in [0, 0.05) is 16.9 Å². The summed E-state index contributed by atoms with van der Waals surface area (Å²) in [7, 11) is 0. The van der Waals surface area contributed by atoms with Crippen LogP contribution >= 0.6 is 11.3 Å². The van der Waals surface area contributed by atoms with E-state index in [1.54, 1.807) is 11.3 Å². The monoisotopic (exact) mass is 340 g/mol. The van der Waals surface area contributed by atoms with E-state index in [2.05, 4.69) is 27.6 Å². The van der Waals surface area contributed by atoms with Crippen LogP contribution in [-0.2, 0) is 11.2 Å². The van der Waals surface area contributed by atoms with Crippen molar-refractivity contribution in [1.82, 2.24) is 15.7 Å². The summed E-state index contributed by atoms with van der Waals surface area (Å²) in [4.78, 5) is 15.9. The van der Waals surface area contributed by atoms with Crippen LogP contribution in [0.3, 0.4) is 0 Å². The number of hydrogen-bond donors (Lipinski definition) is 3. The third-order valence-corrected chi connectivity index (χ3v) is 5.03. The number of aromatic nitrogens is 1. The molecule has 1 aromatic heterocycles. The highest BCUT2D eigenvalue weighted by atomic mass is 32.1. The highest BCUT2D eigenvalue weighted by Gasteiger charge is 2.17. The highest BCUT2D eigenvalue weighted by molar-refractivity contribution is 7.09. The van der Waals surface area contributed by atoms with Crippen LogP contribution in [-0.4, -0.2) is 24.0 Å². The van der Waals surface area contributed by atoms with E-state index in [0.29, 0.717) is 5.92 Å². The lowest BCUT2D eigenvalue weighted by molar-refractivity contribution is -0.120. The quantitative estimate of drug-likeness (QED) is 0.343. The minimum absolute atomic E-state index is 0.207. The van der Waals surface area contributed by atoms with Crippen molar-refractivity contribution in [2.75, 3.05) is 13.1 Å². The zero-order valence-corrected chi connectivity index (χ0v) is 14.2. The fourth-order valence-electron chi connectivity index (χ4n) is 2.68. The van der Waals surface area contributed by atoms with Gasteiger partial charge in [-0.25, -0.2) is 10.8 Å². The van der Waals surface area contributed by atoms with Gasteiger partial charge in [0.15, 0.2) is 0 Å². The summed E-state index contributed by atoms with van der Waals surface area (Å²) in [5.41, 5.74) is 4.77. The number of nitrogens with one attached hydrogen (secondary N) is 2. The van der Waals surface area contributed by atoms with E-state index in [-0.39, 0.29) is 12.3 Å². The van der Waals surface area contributed by atoms with Crippen molar-refractivity contribution in [2.45, 2.75) is 25.2 Å². The lowest BCUT2D eigenvalue weighted by Crippen LogP contribution is -2.31. The normalized spacial score (nSPS) is 14.7. The Hall–Kier alpha value is -2.20. The van der Waals surface area contributed by atoms with E-state index in [1.807, 2.05) is 29.6 Å². The van der Waals surface area contributed by atoms with E-state index in [4.69, 9.17) is 5.84 Å². The number of benzene rings is 1. The zero-order valence-electron chi connectivity index (χ0n) is 13.3. The second-order valence-electron chi connectivity index (χ2n) is 5.79. The third-order valence-electron chi connectivity index (χ3n) is 4.02. The average molecular weight is 340 g/mol. The number of carbonyl (C=O) groups is 1. The van der Waals surface area contributed by atoms with E-state index >= 15 is 0 Å². The molecule has 0 aliphatic carbocycles. The first-order valence-electron chi connectivity index (χ1n) is 8.01. The Morgan fingerprint density at radius 2 is 2.04 bits per heavy atom. The van der Waals surface area contributed by atoms with E-state index in [0.717, 1.165) is 42.8 Å². The number of hydrogen-bond acceptors (Lipinski definition) is 5. The second-order valence-corrected chi connectivity index (χ2v) is 6.68. The highest BCUT2D eigenvalue weighted by Crippen LogP contribution is 2.27. The van der Waals surface area contributed by atoms with E-state index < -0.39 is 0 Å². The van der Waals surface area contributed by atoms with Crippen molar-refractivity contribution in [1.29, 1.82) is 0 Å². The van der Waals surface area contributed by atoms with Gasteiger partial charge >= 0.3 is 0 Å². The molecular formula is C18H20N4OS. The zero-order chi connectivity index (χ0) is 16.8. The molecule has 0 atom stereocenters. The predicted octanol–water partition coefficient (Wildman–Crippen LogP) is 1.54. The van der Waals surface area contributed by atoms with Gasteiger partial charge in [-0.3, -0.25) is 10.2 Å². The summed E-state index contributed by atoms with van der Waals surface area (Å²) in [6, 6.07) is 7.60. The Kier molecular flexibility index (Phi) is 5.59. The van der Waals surface area contributed by atoms with Gasteiger partial charge in [-0.05, 0) is 49.5 Å². The molecule has 0 saturated carbocycles. The molecule has 1 aliphatic heterocycles. The van der Waals surface area contributed by atoms with Crippen LogP contribution in [0.5, 0.6) is 0 Å². The summed E-state index contributed by atoms with van der Waals surface area (Å²) in [5, 5.41) is 6.60. The van der Waals surface area contributed by atoms with Gasteiger partial charge < -0.3 is 5.32 Å². The smallest absolute Gasteiger partial charge is 0.238 e. The molecule has 0 bridgehead atoms. The molecule has 1 fully saturated rings. The topological polar surface area (TPSA) is 80.0 Å². The minimum Gasteiger partial charge on any atom is -0.317 e. The molecule has 1 amide bonds. The lowest BCUT2D eigenvalue weighted by Gasteiger charge is -2.20. The Morgan fingerprint density at radius 3 is 2.75 bits per heavy atom. The van der Waals surface area contributed by atoms with Gasteiger partial charge in [0.1, 0.15) is 5.69 Å². The number of amides is 1. The van der Waals surface area contributed by atoms with Crippen LogP contribution < -0.4 is 16.6 Å². The van der Waals surface area contributed by atoms with Gasteiger partial charge in [-0.15, -0.1) is 11.3 Å². The van der Waals surface area contributed by atoms with Crippen molar-refractivity contribution in [2.24, 2.45) is 5.84 Å². The molecule has 6 heteroatoms. The fraction of sp³-hybridized carbons (Fsp3) is 0.333. The lowest BCUT2D eigenvalue weighted by atomic mass is 9.99. The summed E-state index contributed by atoms with van der Waals surface area (Å²) < 4.78 is 0. The first kappa shape index (κ1) is 16.7. The van der Waals surface area contributed by atoms with Gasteiger partial charge in [0.2, 0.25) is 5.91 Å². The van der Waals surface area contributed by atoms with Crippen molar-refractivity contribution in [3.63, 3.8) is 0 Å². The first-order valence-corrected chi connectivity index (χ1v) is 8.89. The maximum atomic E-state index is 11.2. The Labute approximate surface area is 145 Å². The molecule has 3 rings (SSSR count). The number of nitrogens with two attached hydrogens (primary N) is 1. The number of hydrazine groups is 1. The van der Waals surface area contributed by atoms with E-state index in [9.17, 15) is 4.79 Å². The van der Waals surface area contributed by atoms with Crippen molar-refractivity contribution in [3.8, 4) is 11.8 Å². The van der Waals surface area contributed by atoms with Crippen LogP contribution in [0, 0.1) is 11.8 Å². The summed E-state index contributed by atoms with van der Waals surface area (Å²) >= 11 is 1.71. The third kappa shape index (κ3) is 4.42. The SMILES string of the molecule is NNC(=O)Cc1ccc(C#Cc2csc(C3CCNCC3)n2)cc1. The van der Waals surface area contributed by atoms with Crippen LogP contribution in [0.2, 0.25) is 0 Å². The van der Waals surface area contributed by atoms with Gasteiger partial charge in [-0.1, -0.05) is 18.1 Å². The minimum atomic E-state index is -0.207. The Balaban J connectivity index is 1.64. The molecule has 1 saturated heterocycles. The number of carbonyl (C=O) groups excluding carboxylic acids is 1. The van der Waals surface area contributed by atoms with E-state index in [1.165, 1.54) is 5.01 Å². The number of piperidine rings is 1. The fourth-order valence-corrected chi connectivity index (χ4v) is 3.60. The maximum Gasteiger partial charge on any atom is 0.238 e. The number of nitrogens with zero attached hydrogens (tertiary/aromatic N) is 1. The molecule has 2 heterocycles.